The molecule has 1 aliphatic rings. The van der Waals surface area contributed by atoms with E-state index in [2.05, 4.69) is 4.99 Å². The summed E-state index contributed by atoms with van der Waals surface area (Å²) >= 11 is 0. The Hall–Kier alpha value is -0.970. The van der Waals surface area contributed by atoms with Gasteiger partial charge in [-0.3, -0.25) is 9.79 Å². The van der Waals surface area contributed by atoms with Crippen molar-refractivity contribution in [2.24, 2.45) is 10.7 Å². The van der Waals surface area contributed by atoms with Crippen LogP contribution in [0.15, 0.2) is 4.99 Å². The topological polar surface area (TPSA) is 78.9 Å². The standard InChI is InChI=1S/C5H9N3O2.ClH/c6-5-7-1-2-8(5)3-4(9)10;/h1-3H2,(H2,6,7)(H,9,10);1H. The number of hydrogen-bond donors (Lipinski definition) is 2. The van der Waals surface area contributed by atoms with Gasteiger partial charge in [-0.2, -0.15) is 0 Å². The fourth-order valence-corrected chi connectivity index (χ4v) is 0.823. The average molecular weight is 180 g/mol. The predicted molar refractivity (Wildman–Crippen MR) is 42.9 cm³/mol. The molecule has 5 nitrogen and oxygen atoms in total. The van der Waals surface area contributed by atoms with E-state index in [0.717, 1.165) is 0 Å². The molecular weight excluding hydrogens is 170 g/mol. The van der Waals surface area contributed by atoms with Crippen LogP contribution >= 0.6 is 12.4 Å². The summed E-state index contributed by atoms with van der Waals surface area (Å²) in [6, 6.07) is 0. The molecule has 1 rings (SSSR count). The molecule has 0 unspecified atom stereocenters. The second-order valence-corrected chi connectivity index (χ2v) is 2.06. The highest BCUT2D eigenvalue weighted by Crippen LogP contribution is 1.95. The summed E-state index contributed by atoms with van der Waals surface area (Å²) in [4.78, 5) is 15.5. The summed E-state index contributed by atoms with van der Waals surface area (Å²) in [5.41, 5.74) is 5.34. The van der Waals surface area contributed by atoms with E-state index in [1.165, 1.54) is 4.90 Å². The van der Waals surface area contributed by atoms with Crippen LogP contribution in [-0.2, 0) is 4.79 Å². The van der Waals surface area contributed by atoms with Gasteiger partial charge in [-0.05, 0) is 0 Å². The molecule has 64 valence electrons. The summed E-state index contributed by atoms with van der Waals surface area (Å²) in [7, 11) is 0. The van der Waals surface area contributed by atoms with Crippen molar-refractivity contribution in [1.29, 1.82) is 0 Å². The third-order valence-corrected chi connectivity index (χ3v) is 1.29. The lowest BCUT2D eigenvalue weighted by Gasteiger charge is -2.13. The van der Waals surface area contributed by atoms with Gasteiger partial charge in [-0.1, -0.05) is 0 Å². The number of carbonyl (C=O) groups is 1. The monoisotopic (exact) mass is 179 g/mol. The summed E-state index contributed by atoms with van der Waals surface area (Å²) in [6.07, 6.45) is 0. The Morgan fingerprint density at radius 2 is 2.45 bits per heavy atom. The third-order valence-electron chi connectivity index (χ3n) is 1.29. The van der Waals surface area contributed by atoms with Gasteiger partial charge in [0, 0.05) is 6.54 Å². The lowest BCUT2D eigenvalue weighted by atomic mass is 10.5. The molecule has 11 heavy (non-hydrogen) atoms. The maximum absolute atomic E-state index is 10.1. The van der Waals surface area contributed by atoms with Crippen LogP contribution in [0.5, 0.6) is 0 Å². The van der Waals surface area contributed by atoms with Crippen molar-refractivity contribution in [3.63, 3.8) is 0 Å². The Balaban J connectivity index is 0.000001000. The number of aliphatic carboxylic acids is 1. The van der Waals surface area contributed by atoms with Crippen molar-refractivity contribution >= 4 is 24.3 Å². The number of hydrogen-bond acceptors (Lipinski definition) is 4. The van der Waals surface area contributed by atoms with E-state index in [1.807, 2.05) is 0 Å². The summed E-state index contributed by atoms with van der Waals surface area (Å²) in [5.74, 6) is -0.539. The van der Waals surface area contributed by atoms with Crippen LogP contribution in [0.4, 0.5) is 0 Å². The highest BCUT2D eigenvalue weighted by molar-refractivity contribution is 5.85. The van der Waals surface area contributed by atoms with Gasteiger partial charge in [-0.25, -0.2) is 0 Å². The molecule has 0 atom stereocenters. The molecule has 0 aromatic carbocycles. The predicted octanol–water partition coefficient (Wildman–Crippen LogP) is -0.877. The SMILES string of the molecule is Cl.NC1=NCCN1CC(=O)O. The maximum Gasteiger partial charge on any atom is 0.323 e. The first-order valence-corrected chi connectivity index (χ1v) is 2.97. The summed E-state index contributed by atoms with van der Waals surface area (Å²) in [6.45, 7) is 1.19. The van der Waals surface area contributed by atoms with Gasteiger partial charge >= 0.3 is 5.97 Å². The van der Waals surface area contributed by atoms with Gasteiger partial charge in [0.1, 0.15) is 6.54 Å². The number of nitrogens with two attached hydrogens (primary N) is 1. The van der Waals surface area contributed by atoms with Crippen LogP contribution in [0.25, 0.3) is 0 Å². The van der Waals surface area contributed by atoms with E-state index >= 15 is 0 Å². The van der Waals surface area contributed by atoms with Gasteiger partial charge in [0.25, 0.3) is 0 Å². The van der Waals surface area contributed by atoms with Gasteiger partial charge in [-0.15, -0.1) is 12.4 Å². The first kappa shape index (κ1) is 10.0. The zero-order valence-electron chi connectivity index (χ0n) is 5.86. The lowest BCUT2D eigenvalue weighted by molar-refractivity contribution is -0.137. The van der Waals surface area contributed by atoms with Crippen molar-refractivity contribution in [2.75, 3.05) is 19.6 Å². The van der Waals surface area contributed by atoms with E-state index in [1.54, 1.807) is 0 Å². The second-order valence-electron chi connectivity index (χ2n) is 2.06. The van der Waals surface area contributed by atoms with Gasteiger partial charge in [0.05, 0.1) is 6.54 Å². The highest BCUT2D eigenvalue weighted by atomic mass is 35.5. The molecule has 0 bridgehead atoms. The van der Waals surface area contributed by atoms with Crippen molar-refractivity contribution in [2.45, 2.75) is 0 Å². The van der Waals surface area contributed by atoms with Crippen LogP contribution in [0.2, 0.25) is 0 Å². The molecule has 0 aliphatic carbocycles. The van der Waals surface area contributed by atoms with Crippen LogP contribution in [0.1, 0.15) is 0 Å². The van der Waals surface area contributed by atoms with Crippen molar-refractivity contribution < 1.29 is 9.90 Å². The fraction of sp³-hybridized carbons (Fsp3) is 0.600. The molecule has 0 aromatic heterocycles. The van der Waals surface area contributed by atoms with Crippen LogP contribution < -0.4 is 5.73 Å². The molecule has 0 spiro atoms. The molecule has 0 fully saturated rings. The Kier molecular flexibility index (Phi) is 3.67. The maximum atomic E-state index is 10.1. The zero-order chi connectivity index (χ0) is 7.56. The smallest absolute Gasteiger partial charge is 0.323 e. The Labute approximate surface area is 70.3 Å². The Bertz CT molecular complexity index is 183. The number of carboxylic acids is 1. The quantitative estimate of drug-likeness (QED) is 0.577. The number of aliphatic imine (C=N–C) groups is 1. The average Bonchev–Trinajstić information content (AvgIpc) is 2.15. The fourth-order valence-electron chi connectivity index (χ4n) is 0.823. The summed E-state index contributed by atoms with van der Waals surface area (Å²) in [5, 5.41) is 8.34. The molecular formula is C5H10ClN3O2. The van der Waals surface area contributed by atoms with Crippen LogP contribution in [-0.4, -0.2) is 41.6 Å². The van der Waals surface area contributed by atoms with Crippen LogP contribution in [0.3, 0.4) is 0 Å². The van der Waals surface area contributed by atoms with Gasteiger partial charge < -0.3 is 15.7 Å². The third kappa shape index (κ3) is 2.63. The minimum absolute atomic E-state index is 0. The van der Waals surface area contributed by atoms with Crippen LogP contribution in [0, 0.1) is 0 Å². The second kappa shape index (κ2) is 4.02. The van der Waals surface area contributed by atoms with E-state index in [9.17, 15) is 4.79 Å². The molecule has 3 N–H and O–H groups in total. The van der Waals surface area contributed by atoms with Gasteiger partial charge in [0.15, 0.2) is 5.96 Å². The number of nitrogens with zero attached hydrogens (tertiary/aromatic N) is 2. The molecule has 0 saturated carbocycles. The van der Waals surface area contributed by atoms with Crippen molar-refractivity contribution in [3.8, 4) is 0 Å². The Morgan fingerprint density at radius 3 is 2.82 bits per heavy atom. The van der Waals surface area contributed by atoms with E-state index in [4.69, 9.17) is 10.8 Å². The Morgan fingerprint density at radius 1 is 1.82 bits per heavy atom. The molecule has 0 aromatic rings. The molecule has 0 saturated heterocycles. The zero-order valence-corrected chi connectivity index (χ0v) is 6.67. The minimum atomic E-state index is -0.875. The first-order valence-electron chi connectivity index (χ1n) is 2.97. The molecule has 6 heteroatoms. The molecule has 0 radical (unpaired) electrons. The minimum Gasteiger partial charge on any atom is -0.480 e. The molecule has 0 amide bonds. The number of guanidine groups is 1. The highest BCUT2D eigenvalue weighted by Gasteiger charge is 2.15. The van der Waals surface area contributed by atoms with E-state index < -0.39 is 5.97 Å². The largest absolute Gasteiger partial charge is 0.480 e. The van der Waals surface area contributed by atoms with Crippen molar-refractivity contribution in [3.05, 3.63) is 0 Å². The summed E-state index contributed by atoms with van der Waals surface area (Å²) < 4.78 is 0. The normalized spacial score (nSPS) is 15.6. The number of halogens is 1. The molecule has 1 heterocycles. The first-order chi connectivity index (χ1) is 4.70. The number of rotatable bonds is 2. The van der Waals surface area contributed by atoms with Gasteiger partial charge in [0.2, 0.25) is 0 Å². The molecule has 1 aliphatic heterocycles. The van der Waals surface area contributed by atoms with E-state index in [0.29, 0.717) is 19.0 Å². The van der Waals surface area contributed by atoms with E-state index in [-0.39, 0.29) is 19.0 Å². The van der Waals surface area contributed by atoms with Crippen molar-refractivity contribution in [1.82, 2.24) is 4.90 Å². The number of carboxylic acid groups (broad SMARTS) is 1. The lowest BCUT2D eigenvalue weighted by Crippen LogP contribution is -2.37.